The van der Waals surface area contributed by atoms with Crippen LogP contribution < -0.4 is 25.6 Å². The fraction of sp³-hybridized carbons (Fsp3) is 0.650. The summed E-state index contributed by atoms with van der Waals surface area (Å²) in [5, 5.41) is 22.7. The molecule has 0 radical (unpaired) electrons. The minimum atomic E-state index is -0.785. The number of amides is 2. The monoisotopic (exact) mass is 693 g/mol. The van der Waals surface area contributed by atoms with E-state index in [1.54, 1.807) is 26.1 Å². The van der Waals surface area contributed by atoms with E-state index in [9.17, 15) is 14.7 Å². The first-order chi connectivity index (χ1) is 23.5. The van der Waals surface area contributed by atoms with Crippen molar-refractivity contribution < 1.29 is 24.3 Å². The highest BCUT2D eigenvalue weighted by Gasteiger charge is 2.51. The topological polar surface area (TPSA) is 115 Å². The summed E-state index contributed by atoms with van der Waals surface area (Å²) in [6.45, 7) is 19.1. The van der Waals surface area contributed by atoms with Crippen molar-refractivity contribution in [1.82, 2.24) is 21.0 Å². The number of carbonyl (C=O) groups excluding carboxylic acids is 2. The highest BCUT2D eigenvalue weighted by Crippen LogP contribution is 2.47. The third kappa shape index (κ3) is 8.47. The van der Waals surface area contributed by atoms with E-state index in [1.807, 2.05) is 55.4 Å². The Hall–Kier alpha value is -3.18. The third-order valence-corrected chi connectivity index (χ3v) is 11.8. The van der Waals surface area contributed by atoms with Crippen LogP contribution in [0, 0.1) is 35.0 Å². The number of benzene rings is 2. The number of nitrogens with zero attached hydrogens (tertiary/aromatic N) is 2. The van der Waals surface area contributed by atoms with Crippen LogP contribution >= 0.6 is 0 Å². The molecule has 10 heteroatoms. The van der Waals surface area contributed by atoms with E-state index in [1.165, 1.54) is 0 Å². The van der Waals surface area contributed by atoms with Gasteiger partial charge in [0.25, 0.3) is 5.91 Å². The van der Waals surface area contributed by atoms with Gasteiger partial charge < -0.3 is 30.7 Å². The highest BCUT2D eigenvalue weighted by atomic mass is 16.7. The number of aliphatic hydroxyl groups is 1. The molecule has 0 aromatic heterocycles. The van der Waals surface area contributed by atoms with Gasteiger partial charge >= 0.3 is 0 Å². The minimum absolute atomic E-state index is 0.0199. The van der Waals surface area contributed by atoms with E-state index in [0.717, 1.165) is 35.3 Å². The molecule has 0 bridgehead atoms. The van der Waals surface area contributed by atoms with Crippen molar-refractivity contribution in [2.75, 3.05) is 46.2 Å². The number of methoxy groups -OCH3 is 1. The predicted octanol–water partition coefficient (Wildman–Crippen LogP) is 5.34. The second-order valence-corrected chi connectivity index (χ2v) is 16.0. The largest absolute Gasteiger partial charge is 0.496 e. The second-order valence-electron chi connectivity index (χ2n) is 16.0. The van der Waals surface area contributed by atoms with Gasteiger partial charge in [-0.15, -0.1) is 0 Å². The Morgan fingerprint density at radius 2 is 1.82 bits per heavy atom. The Balaban J connectivity index is 1.73. The molecule has 0 unspecified atom stereocenters. The number of hydrogen-bond acceptors (Lipinski definition) is 8. The molecule has 0 spiro atoms. The Morgan fingerprint density at radius 1 is 1.12 bits per heavy atom. The highest BCUT2D eigenvalue weighted by molar-refractivity contribution is 5.97. The molecule has 2 fully saturated rings. The van der Waals surface area contributed by atoms with Gasteiger partial charge in [-0.3, -0.25) is 14.4 Å². The van der Waals surface area contributed by atoms with E-state index in [2.05, 4.69) is 64.4 Å². The summed E-state index contributed by atoms with van der Waals surface area (Å²) < 4.78 is 6.08. The van der Waals surface area contributed by atoms with E-state index in [-0.39, 0.29) is 29.8 Å². The zero-order valence-corrected chi connectivity index (χ0v) is 32.5. The predicted molar refractivity (Wildman–Crippen MR) is 201 cm³/mol. The second kappa shape index (κ2) is 16.4. The first kappa shape index (κ1) is 39.6. The Bertz CT molecular complexity index is 1480. The molecule has 4 rings (SSSR count). The molecule has 10 nitrogen and oxygen atoms in total. The molecule has 1 heterocycles. The zero-order valence-electron chi connectivity index (χ0n) is 32.5. The maximum Gasteiger partial charge on any atom is 0.251 e. The van der Waals surface area contributed by atoms with Gasteiger partial charge in [0.1, 0.15) is 11.8 Å². The Morgan fingerprint density at radius 3 is 2.42 bits per heavy atom. The Labute approximate surface area is 300 Å². The average molecular weight is 694 g/mol. The summed E-state index contributed by atoms with van der Waals surface area (Å²) in [6, 6.07) is 11.0. The lowest BCUT2D eigenvalue weighted by Gasteiger charge is -2.50. The van der Waals surface area contributed by atoms with E-state index in [0.29, 0.717) is 41.5 Å². The van der Waals surface area contributed by atoms with Gasteiger partial charge in [0, 0.05) is 62.0 Å². The number of nitrogens with one attached hydrogen (secondary N) is 3. The number of hydroxylamine groups is 2. The molecule has 1 aliphatic heterocycles. The van der Waals surface area contributed by atoms with Crippen molar-refractivity contribution >= 4 is 17.5 Å². The van der Waals surface area contributed by atoms with Crippen molar-refractivity contribution in [1.29, 1.82) is 0 Å². The van der Waals surface area contributed by atoms with Crippen LogP contribution in [0.3, 0.4) is 0 Å². The number of aliphatic hydroxyl groups excluding tert-OH is 1. The van der Waals surface area contributed by atoms with Crippen LogP contribution in [-0.2, 0) is 16.2 Å². The molecule has 1 saturated carbocycles. The van der Waals surface area contributed by atoms with Gasteiger partial charge in [0.15, 0.2) is 0 Å². The van der Waals surface area contributed by atoms with Crippen LogP contribution in [0.5, 0.6) is 5.75 Å². The number of anilines is 1. The van der Waals surface area contributed by atoms with Gasteiger partial charge in [-0.05, 0) is 72.7 Å². The molecule has 1 aliphatic carbocycles. The van der Waals surface area contributed by atoms with Crippen LogP contribution in [0.1, 0.15) is 77.7 Å². The maximum absolute atomic E-state index is 14.5. The summed E-state index contributed by atoms with van der Waals surface area (Å²) in [7, 11) is 7.14. The van der Waals surface area contributed by atoms with Crippen LogP contribution in [0.2, 0.25) is 0 Å². The quantitative estimate of drug-likeness (QED) is 0.223. The van der Waals surface area contributed by atoms with Crippen molar-refractivity contribution in [3.05, 3.63) is 47.5 Å². The fourth-order valence-corrected chi connectivity index (χ4v) is 7.89. The van der Waals surface area contributed by atoms with Crippen molar-refractivity contribution in [3.8, 4) is 16.9 Å². The lowest BCUT2D eigenvalue weighted by molar-refractivity contribution is -0.175. The minimum Gasteiger partial charge on any atom is -0.496 e. The van der Waals surface area contributed by atoms with Crippen molar-refractivity contribution in [2.24, 2.45) is 35.0 Å². The summed E-state index contributed by atoms with van der Waals surface area (Å²) in [4.78, 5) is 35.9. The Kier molecular flexibility index (Phi) is 13.0. The molecule has 50 heavy (non-hydrogen) atoms. The number of hydrogen-bond donors (Lipinski definition) is 4. The van der Waals surface area contributed by atoms with Gasteiger partial charge in [0.05, 0.1) is 25.9 Å². The summed E-state index contributed by atoms with van der Waals surface area (Å²) in [6.07, 6.45) is -0.297. The maximum atomic E-state index is 14.5. The SMILES string of the molecule is CNC(=O)c1cc(-c2cccc(CN3O[C@@H](CNCC(C)C)[C@@H]([C@H](C)O)[C@H]3C(=O)N[C@H]3C[C@@H](C)C(C)(C)[C@@H](C)[C@@H]3C)c2OC)cc(N(C)C)c1. The molecule has 4 N–H and O–H groups in total. The molecule has 8 atom stereocenters. The molecular weight excluding hydrogens is 630 g/mol. The van der Waals surface area contributed by atoms with Gasteiger partial charge in [-0.2, -0.15) is 5.06 Å². The molecular formula is C40H63N5O5. The normalized spacial score (nSPS) is 27.2. The molecule has 2 aromatic rings. The molecule has 2 aromatic carbocycles. The molecule has 278 valence electrons. The third-order valence-electron chi connectivity index (χ3n) is 11.8. The standard InChI is InChI=1S/C40H63N5O5/c1-23(2)20-42-21-34-35(27(6)46)36(39(48)43-33-16-24(3)40(7,8)26(5)25(33)4)45(50-34)22-28-14-13-15-32(37(28)49-12)29-17-30(38(47)41-9)19-31(18-29)44(10)11/h13-15,17-19,23-27,33-36,42,46H,16,20-22H2,1-12H3,(H,41,47)(H,43,48)/t24-,25+,26+,27+,33+,34+,35-,36+/m1/s1. The molecule has 2 amide bonds. The van der Waals surface area contributed by atoms with Crippen LogP contribution in [0.15, 0.2) is 36.4 Å². The number of para-hydroxylation sites is 1. The first-order valence-corrected chi connectivity index (χ1v) is 18.3. The summed E-state index contributed by atoms with van der Waals surface area (Å²) in [5.41, 5.74) is 4.08. The molecule has 1 saturated heterocycles. The van der Waals surface area contributed by atoms with Crippen LogP contribution in [0.4, 0.5) is 5.69 Å². The lowest BCUT2D eigenvalue weighted by Crippen LogP contribution is -2.57. The smallest absolute Gasteiger partial charge is 0.251 e. The van der Waals surface area contributed by atoms with Crippen LogP contribution in [-0.4, -0.2) is 87.6 Å². The number of ether oxygens (including phenoxy) is 1. The summed E-state index contributed by atoms with van der Waals surface area (Å²) in [5.74, 6) is 1.49. The zero-order chi connectivity index (χ0) is 37.1. The molecule has 2 aliphatic rings. The van der Waals surface area contributed by atoms with E-state index < -0.39 is 24.2 Å². The number of carbonyl (C=O) groups is 2. The van der Waals surface area contributed by atoms with Crippen LogP contribution in [0.25, 0.3) is 11.1 Å². The summed E-state index contributed by atoms with van der Waals surface area (Å²) >= 11 is 0. The first-order valence-electron chi connectivity index (χ1n) is 18.3. The fourth-order valence-electron chi connectivity index (χ4n) is 7.89. The van der Waals surface area contributed by atoms with Gasteiger partial charge in [0.2, 0.25) is 5.91 Å². The van der Waals surface area contributed by atoms with Gasteiger partial charge in [-0.25, -0.2) is 0 Å². The lowest BCUT2D eigenvalue weighted by atomic mass is 9.58. The van der Waals surface area contributed by atoms with Gasteiger partial charge in [-0.1, -0.05) is 66.7 Å². The van der Waals surface area contributed by atoms with E-state index in [4.69, 9.17) is 9.57 Å². The van der Waals surface area contributed by atoms with E-state index >= 15 is 0 Å². The van der Waals surface area contributed by atoms with Crippen molar-refractivity contribution in [3.63, 3.8) is 0 Å². The average Bonchev–Trinajstić information content (AvgIpc) is 3.43. The number of rotatable bonds is 13. The van der Waals surface area contributed by atoms with Crippen molar-refractivity contribution in [2.45, 2.75) is 92.6 Å².